The first-order valence-electron chi connectivity index (χ1n) is 14.3. The van der Waals surface area contributed by atoms with Gasteiger partial charge in [0.25, 0.3) is 21.8 Å². The zero-order chi connectivity index (χ0) is 32.0. The largest absolute Gasteiger partial charge is 0.358 e. The van der Waals surface area contributed by atoms with Crippen LogP contribution >= 0.6 is 11.3 Å². The van der Waals surface area contributed by atoms with Crippen molar-refractivity contribution in [2.75, 3.05) is 18.4 Å². The summed E-state index contributed by atoms with van der Waals surface area (Å²) in [6.45, 7) is 10.3. The van der Waals surface area contributed by atoms with Crippen molar-refractivity contribution in [2.45, 2.75) is 67.2 Å². The minimum Gasteiger partial charge on any atom is -0.358 e. The quantitative estimate of drug-likeness (QED) is 0.196. The molecule has 11 nitrogen and oxygen atoms in total. The molecule has 0 unspecified atom stereocenters. The molecular weight excluding hydrogens is 623 g/mol. The summed E-state index contributed by atoms with van der Waals surface area (Å²) >= 11 is 0.725. The summed E-state index contributed by atoms with van der Waals surface area (Å²) in [4.78, 5) is 28.8. The number of H-pyrrole nitrogens is 1. The summed E-state index contributed by atoms with van der Waals surface area (Å²) < 4.78 is 56.2. The summed E-state index contributed by atoms with van der Waals surface area (Å²) in [6.07, 6.45) is 4.03. The molecule has 2 aromatic heterocycles. The number of sulfonamides is 1. The summed E-state index contributed by atoms with van der Waals surface area (Å²) in [5.41, 5.74) is 4.89. The molecule has 4 heterocycles. The van der Waals surface area contributed by atoms with Gasteiger partial charge in [-0.05, 0) is 75.6 Å². The zero-order valence-corrected chi connectivity index (χ0v) is 27.5. The van der Waals surface area contributed by atoms with Gasteiger partial charge in [-0.1, -0.05) is 19.9 Å². The predicted molar refractivity (Wildman–Crippen MR) is 173 cm³/mol. The third kappa shape index (κ3) is 5.78. The highest BCUT2D eigenvalue weighted by Gasteiger charge is 2.39. The van der Waals surface area contributed by atoms with Crippen LogP contribution in [0.25, 0.3) is 11.6 Å². The molecule has 2 aliphatic rings. The molecule has 2 atom stereocenters. The lowest BCUT2D eigenvalue weighted by Gasteiger charge is -2.27. The molecular formula is C30H35N5O6S3. The van der Waals surface area contributed by atoms with Crippen molar-refractivity contribution in [3.8, 4) is 0 Å². The van der Waals surface area contributed by atoms with Gasteiger partial charge in [0.1, 0.15) is 8.42 Å². The van der Waals surface area contributed by atoms with Crippen LogP contribution in [0.3, 0.4) is 0 Å². The van der Waals surface area contributed by atoms with Gasteiger partial charge in [-0.2, -0.15) is 12.8 Å². The first-order chi connectivity index (χ1) is 20.8. The Bertz CT molecular complexity index is 1940. The van der Waals surface area contributed by atoms with Gasteiger partial charge in [0, 0.05) is 47.0 Å². The van der Waals surface area contributed by atoms with Crippen LogP contribution in [0.2, 0.25) is 0 Å². The Kier molecular flexibility index (Phi) is 8.73. The molecule has 1 aromatic carbocycles. The highest BCUT2D eigenvalue weighted by molar-refractivity contribution is 7.96. The average molecular weight is 658 g/mol. The molecule has 44 heavy (non-hydrogen) atoms. The third-order valence-corrected chi connectivity index (χ3v) is 13.4. The summed E-state index contributed by atoms with van der Waals surface area (Å²) in [5.74, 6) is -0.519. The molecule has 0 saturated heterocycles. The molecule has 0 fully saturated rings. The van der Waals surface area contributed by atoms with E-state index in [1.807, 2.05) is 20.8 Å². The molecule has 0 spiro atoms. The number of nitrogens with zero attached hydrogens (tertiary/aromatic N) is 1. The van der Waals surface area contributed by atoms with E-state index in [1.54, 1.807) is 38.1 Å². The highest BCUT2D eigenvalue weighted by Crippen LogP contribution is 2.43. The Hall–Kier alpha value is -3.59. The zero-order valence-electron chi connectivity index (χ0n) is 25.1. The lowest BCUT2D eigenvalue weighted by Crippen LogP contribution is -2.33. The summed E-state index contributed by atoms with van der Waals surface area (Å²) in [6, 6.07) is 6.10. The maximum Gasteiger partial charge on any atom is 0.291 e. The van der Waals surface area contributed by atoms with Gasteiger partial charge in [0.2, 0.25) is 0 Å². The Balaban J connectivity index is 1.45. The fraction of sp³-hybridized carbons (Fsp3) is 0.367. The van der Waals surface area contributed by atoms with Crippen LogP contribution in [-0.4, -0.2) is 58.2 Å². The number of thiophene rings is 1. The Morgan fingerprint density at radius 1 is 1.20 bits per heavy atom. The van der Waals surface area contributed by atoms with Crippen LogP contribution in [0.15, 0.2) is 37.1 Å². The lowest BCUT2D eigenvalue weighted by atomic mass is 10.0. The molecule has 4 N–H and O–H groups in total. The van der Waals surface area contributed by atoms with E-state index in [2.05, 4.69) is 25.3 Å². The second-order valence-electron chi connectivity index (χ2n) is 11.0. The van der Waals surface area contributed by atoms with Crippen LogP contribution in [0.4, 0.5) is 5.69 Å². The molecule has 0 radical (unpaired) electrons. The molecule has 234 valence electrons. The Morgan fingerprint density at radius 3 is 2.66 bits per heavy atom. The number of hydrogen-bond donors (Lipinski definition) is 4. The highest BCUT2D eigenvalue weighted by atomic mass is 32.3. The van der Waals surface area contributed by atoms with E-state index < -0.39 is 25.1 Å². The van der Waals surface area contributed by atoms with Gasteiger partial charge in [-0.3, -0.25) is 9.59 Å². The SMILES string of the molecule is CCCNC(=O)c1c(C)[nH]c(/C=C2\C(=O)Nc3ccc(C=NS(=O)(=O)c4cc5c(s4)S(=O)(=O)[C@@H](C)C[C@@H]5NCC)cc32)c1C. The minimum absolute atomic E-state index is 0.0636. The van der Waals surface area contributed by atoms with E-state index in [0.717, 1.165) is 17.8 Å². The molecule has 5 rings (SSSR count). The van der Waals surface area contributed by atoms with Crippen molar-refractivity contribution in [3.63, 3.8) is 0 Å². The smallest absolute Gasteiger partial charge is 0.291 e. The first kappa shape index (κ1) is 31.8. The van der Waals surface area contributed by atoms with Gasteiger partial charge in [0.15, 0.2) is 9.84 Å². The fourth-order valence-corrected chi connectivity index (χ4v) is 10.4. The Labute approximate surface area is 261 Å². The summed E-state index contributed by atoms with van der Waals surface area (Å²) in [7, 11) is -7.86. The number of carbonyl (C=O) groups is 2. The van der Waals surface area contributed by atoms with Crippen molar-refractivity contribution in [1.29, 1.82) is 0 Å². The van der Waals surface area contributed by atoms with E-state index in [-0.39, 0.29) is 26.3 Å². The van der Waals surface area contributed by atoms with Crippen LogP contribution in [-0.2, 0) is 24.7 Å². The van der Waals surface area contributed by atoms with Crippen LogP contribution in [0.1, 0.15) is 83.7 Å². The number of carbonyl (C=O) groups excluding carboxylic acids is 2. The lowest BCUT2D eigenvalue weighted by molar-refractivity contribution is -0.110. The standard InChI is InChI=1S/C30H35N5O6S3/c1-6-10-32-29(37)27-17(4)24(34-18(27)5)13-21-20-12-19(8-9-23(20)35-28(21)36)15-33-44(40,41)26-14-22-25(31-7-2)11-16(3)43(38,39)30(22)42-26/h8-9,12-16,25,31,34H,6-7,10-11H2,1-5H3,(H,32,37)(H,35,36)/b21-13-,33-15?/t16-,25-/m0/s1. The number of hydrogen-bond acceptors (Lipinski definition) is 8. The van der Waals surface area contributed by atoms with Crippen molar-refractivity contribution >= 4 is 66.6 Å². The van der Waals surface area contributed by atoms with E-state index in [9.17, 15) is 26.4 Å². The molecule has 14 heteroatoms. The van der Waals surface area contributed by atoms with Gasteiger partial charge in [-0.25, -0.2) is 8.42 Å². The maximum atomic E-state index is 13.2. The predicted octanol–water partition coefficient (Wildman–Crippen LogP) is 4.35. The number of benzene rings is 1. The monoisotopic (exact) mass is 657 g/mol. The molecule has 0 bridgehead atoms. The summed E-state index contributed by atoms with van der Waals surface area (Å²) in [5, 5.41) is 8.31. The normalized spacial score (nSPS) is 20.1. The second kappa shape index (κ2) is 12.1. The number of fused-ring (bicyclic) bond motifs is 2. The molecule has 2 amide bonds. The number of nitrogens with one attached hydrogen (secondary N) is 4. The first-order valence-corrected chi connectivity index (χ1v) is 18.1. The molecule has 0 saturated carbocycles. The molecule has 3 aromatic rings. The van der Waals surface area contributed by atoms with E-state index in [0.29, 0.717) is 70.0 Å². The van der Waals surface area contributed by atoms with Gasteiger partial charge in [-0.15, -0.1) is 11.3 Å². The van der Waals surface area contributed by atoms with Gasteiger partial charge < -0.3 is 20.9 Å². The number of rotatable bonds is 9. The van der Waals surface area contributed by atoms with Crippen molar-refractivity contribution in [1.82, 2.24) is 15.6 Å². The number of aromatic amines is 1. The number of amides is 2. The van der Waals surface area contributed by atoms with E-state index in [1.165, 1.54) is 12.3 Å². The minimum atomic E-state index is -4.21. The molecule has 2 aliphatic heterocycles. The fourth-order valence-electron chi connectivity index (χ4n) is 5.51. The van der Waals surface area contributed by atoms with Gasteiger partial charge >= 0.3 is 0 Å². The van der Waals surface area contributed by atoms with Crippen molar-refractivity contribution in [2.24, 2.45) is 4.40 Å². The van der Waals surface area contributed by atoms with E-state index >= 15 is 0 Å². The van der Waals surface area contributed by atoms with Crippen LogP contribution in [0.5, 0.6) is 0 Å². The van der Waals surface area contributed by atoms with E-state index in [4.69, 9.17) is 0 Å². The number of anilines is 1. The number of aryl methyl sites for hydroxylation is 1. The van der Waals surface area contributed by atoms with Crippen LogP contribution < -0.4 is 16.0 Å². The van der Waals surface area contributed by atoms with Crippen LogP contribution in [0, 0.1) is 13.8 Å². The molecule has 0 aliphatic carbocycles. The van der Waals surface area contributed by atoms with Crippen molar-refractivity contribution in [3.05, 3.63) is 63.5 Å². The Morgan fingerprint density at radius 2 is 1.95 bits per heavy atom. The maximum absolute atomic E-state index is 13.2. The van der Waals surface area contributed by atoms with Crippen molar-refractivity contribution < 1.29 is 26.4 Å². The number of aromatic nitrogens is 1. The second-order valence-corrected chi connectivity index (χ2v) is 16.4. The van der Waals surface area contributed by atoms with Gasteiger partial charge in [0.05, 0.1) is 16.4 Å². The topological polar surface area (TPSA) is 167 Å². The number of sulfone groups is 1. The third-order valence-electron chi connectivity index (χ3n) is 7.83. The average Bonchev–Trinajstić information content (AvgIpc) is 3.64.